The Morgan fingerprint density at radius 3 is 2.79 bits per heavy atom. The summed E-state index contributed by atoms with van der Waals surface area (Å²) in [6.07, 6.45) is 3.99. The van der Waals surface area contributed by atoms with E-state index in [9.17, 15) is 0 Å². The minimum Gasteiger partial charge on any atom is -0.490 e. The Labute approximate surface area is 114 Å². The molecule has 0 bridgehead atoms. The quantitative estimate of drug-likeness (QED) is 0.789. The standard InChI is InChI=1S/C15H21NO3/c1-16(2)8-7-13(11-3-4-11)19-12-5-6-14-15(9-12)18-10-17-14/h5-6,9,11,13H,3-4,7-8,10H2,1-2H3. The highest BCUT2D eigenvalue weighted by Gasteiger charge is 2.33. The van der Waals surface area contributed by atoms with Crippen LogP contribution < -0.4 is 14.2 Å². The van der Waals surface area contributed by atoms with Crippen molar-refractivity contribution in [3.63, 3.8) is 0 Å². The molecule has 0 spiro atoms. The largest absolute Gasteiger partial charge is 0.490 e. The first-order valence-electron chi connectivity index (χ1n) is 6.93. The molecule has 0 aromatic heterocycles. The van der Waals surface area contributed by atoms with Gasteiger partial charge in [-0.05, 0) is 51.4 Å². The highest BCUT2D eigenvalue weighted by atomic mass is 16.7. The van der Waals surface area contributed by atoms with Gasteiger partial charge in [0.15, 0.2) is 11.5 Å². The van der Waals surface area contributed by atoms with E-state index < -0.39 is 0 Å². The number of fused-ring (bicyclic) bond motifs is 1. The van der Waals surface area contributed by atoms with Gasteiger partial charge in [0.2, 0.25) is 6.79 Å². The van der Waals surface area contributed by atoms with Crippen LogP contribution in [0.5, 0.6) is 17.2 Å². The molecule has 1 atom stereocenters. The molecule has 1 aliphatic heterocycles. The van der Waals surface area contributed by atoms with Crippen molar-refractivity contribution in [3.05, 3.63) is 18.2 Å². The molecule has 1 aliphatic carbocycles. The fourth-order valence-corrected chi connectivity index (χ4v) is 2.37. The first kappa shape index (κ1) is 12.6. The lowest BCUT2D eigenvalue weighted by atomic mass is 10.1. The SMILES string of the molecule is CN(C)CCC(Oc1ccc2c(c1)OCO2)C1CC1. The van der Waals surface area contributed by atoms with E-state index in [-0.39, 0.29) is 0 Å². The van der Waals surface area contributed by atoms with Crippen LogP contribution in [0.3, 0.4) is 0 Å². The van der Waals surface area contributed by atoms with Gasteiger partial charge in [0.25, 0.3) is 0 Å². The maximum Gasteiger partial charge on any atom is 0.231 e. The zero-order chi connectivity index (χ0) is 13.2. The van der Waals surface area contributed by atoms with E-state index in [1.807, 2.05) is 18.2 Å². The van der Waals surface area contributed by atoms with Crippen LogP contribution in [0.1, 0.15) is 19.3 Å². The Bertz CT molecular complexity index is 443. The van der Waals surface area contributed by atoms with Crippen LogP contribution in [-0.4, -0.2) is 38.4 Å². The second kappa shape index (κ2) is 5.29. The van der Waals surface area contributed by atoms with E-state index in [0.717, 1.165) is 36.1 Å². The molecule has 1 aromatic rings. The molecule has 104 valence electrons. The average molecular weight is 263 g/mol. The molecule has 0 amide bonds. The topological polar surface area (TPSA) is 30.9 Å². The van der Waals surface area contributed by atoms with Crippen molar-refractivity contribution in [1.82, 2.24) is 4.90 Å². The summed E-state index contributed by atoms with van der Waals surface area (Å²) in [7, 11) is 4.20. The zero-order valence-corrected chi connectivity index (χ0v) is 11.6. The Morgan fingerprint density at radius 1 is 1.26 bits per heavy atom. The molecular weight excluding hydrogens is 242 g/mol. The lowest BCUT2D eigenvalue weighted by molar-refractivity contribution is 0.154. The molecule has 3 rings (SSSR count). The van der Waals surface area contributed by atoms with Crippen LogP contribution in [0, 0.1) is 5.92 Å². The fraction of sp³-hybridized carbons (Fsp3) is 0.600. The molecule has 0 N–H and O–H groups in total. The monoisotopic (exact) mass is 263 g/mol. The van der Waals surface area contributed by atoms with E-state index in [0.29, 0.717) is 12.9 Å². The molecule has 0 saturated heterocycles. The first-order valence-corrected chi connectivity index (χ1v) is 6.93. The molecule has 1 unspecified atom stereocenters. The van der Waals surface area contributed by atoms with Gasteiger partial charge in [0.1, 0.15) is 11.9 Å². The van der Waals surface area contributed by atoms with E-state index in [4.69, 9.17) is 14.2 Å². The predicted octanol–water partition coefficient (Wildman–Crippen LogP) is 2.52. The average Bonchev–Trinajstić information content (AvgIpc) is 3.12. The molecule has 1 aromatic carbocycles. The van der Waals surface area contributed by atoms with Crippen LogP contribution in [0.2, 0.25) is 0 Å². The van der Waals surface area contributed by atoms with Crippen molar-refractivity contribution in [2.24, 2.45) is 5.92 Å². The molecule has 0 radical (unpaired) electrons. The van der Waals surface area contributed by atoms with Crippen molar-refractivity contribution in [2.45, 2.75) is 25.4 Å². The van der Waals surface area contributed by atoms with Gasteiger partial charge in [-0.15, -0.1) is 0 Å². The van der Waals surface area contributed by atoms with Gasteiger partial charge in [-0.2, -0.15) is 0 Å². The summed E-state index contributed by atoms with van der Waals surface area (Å²) in [5.41, 5.74) is 0. The summed E-state index contributed by atoms with van der Waals surface area (Å²) in [5.74, 6) is 3.22. The third kappa shape index (κ3) is 3.13. The van der Waals surface area contributed by atoms with E-state index in [2.05, 4.69) is 19.0 Å². The van der Waals surface area contributed by atoms with Gasteiger partial charge < -0.3 is 19.1 Å². The fourth-order valence-electron chi connectivity index (χ4n) is 2.37. The van der Waals surface area contributed by atoms with Crippen molar-refractivity contribution >= 4 is 0 Å². The van der Waals surface area contributed by atoms with Gasteiger partial charge in [-0.1, -0.05) is 0 Å². The summed E-state index contributed by atoms with van der Waals surface area (Å²) >= 11 is 0. The first-order chi connectivity index (χ1) is 9.22. The lowest BCUT2D eigenvalue weighted by Gasteiger charge is -2.21. The lowest BCUT2D eigenvalue weighted by Crippen LogP contribution is -2.25. The van der Waals surface area contributed by atoms with Gasteiger partial charge in [0, 0.05) is 12.6 Å². The zero-order valence-electron chi connectivity index (χ0n) is 11.6. The highest BCUT2D eigenvalue weighted by molar-refractivity contribution is 5.46. The number of nitrogens with zero attached hydrogens (tertiary/aromatic N) is 1. The number of rotatable bonds is 6. The van der Waals surface area contributed by atoms with Crippen LogP contribution in [0.15, 0.2) is 18.2 Å². The second-order valence-electron chi connectivity index (χ2n) is 5.60. The number of benzene rings is 1. The molecule has 2 aliphatic rings. The predicted molar refractivity (Wildman–Crippen MR) is 72.9 cm³/mol. The minimum absolute atomic E-state index is 0.311. The van der Waals surface area contributed by atoms with Crippen LogP contribution in [0.4, 0.5) is 0 Å². The smallest absolute Gasteiger partial charge is 0.231 e. The van der Waals surface area contributed by atoms with Gasteiger partial charge in [0.05, 0.1) is 0 Å². The number of hydrogen-bond donors (Lipinski definition) is 0. The molecule has 1 saturated carbocycles. The molecular formula is C15H21NO3. The molecule has 19 heavy (non-hydrogen) atoms. The van der Waals surface area contributed by atoms with Gasteiger partial charge in [-0.3, -0.25) is 0 Å². The van der Waals surface area contributed by atoms with Crippen molar-refractivity contribution in [3.8, 4) is 17.2 Å². The maximum absolute atomic E-state index is 6.15. The Balaban J connectivity index is 1.64. The van der Waals surface area contributed by atoms with Crippen molar-refractivity contribution in [2.75, 3.05) is 27.4 Å². The van der Waals surface area contributed by atoms with Crippen LogP contribution in [0.25, 0.3) is 0 Å². The Morgan fingerprint density at radius 2 is 2.05 bits per heavy atom. The van der Waals surface area contributed by atoms with Crippen molar-refractivity contribution in [1.29, 1.82) is 0 Å². The van der Waals surface area contributed by atoms with Gasteiger partial charge >= 0.3 is 0 Å². The number of ether oxygens (including phenoxy) is 3. The normalized spacial score (nSPS) is 18.7. The van der Waals surface area contributed by atoms with Gasteiger partial charge in [-0.25, -0.2) is 0 Å². The van der Waals surface area contributed by atoms with E-state index >= 15 is 0 Å². The van der Waals surface area contributed by atoms with E-state index in [1.54, 1.807) is 0 Å². The molecule has 1 heterocycles. The van der Waals surface area contributed by atoms with Crippen LogP contribution in [-0.2, 0) is 0 Å². The summed E-state index contributed by atoms with van der Waals surface area (Å²) in [6.45, 7) is 1.37. The van der Waals surface area contributed by atoms with E-state index in [1.165, 1.54) is 12.8 Å². The van der Waals surface area contributed by atoms with Crippen molar-refractivity contribution < 1.29 is 14.2 Å². The second-order valence-corrected chi connectivity index (χ2v) is 5.60. The maximum atomic E-state index is 6.15. The van der Waals surface area contributed by atoms with Crippen LogP contribution >= 0.6 is 0 Å². The molecule has 1 fully saturated rings. The summed E-state index contributed by atoms with van der Waals surface area (Å²) in [6, 6.07) is 5.83. The highest BCUT2D eigenvalue weighted by Crippen LogP contribution is 2.39. The summed E-state index contributed by atoms with van der Waals surface area (Å²) in [5, 5.41) is 0. The number of hydrogen-bond acceptors (Lipinski definition) is 4. The third-order valence-electron chi connectivity index (χ3n) is 3.64. The molecule has 4 heteroatoms. The third-order valence-corrected chi connectivity index (χ3v) is 3.64. The Hall–Kier alpha value is -1.42. The summed E-state index contributed by atoms with van der Waals surface area (Å²) in [4.78, 5) is 2.21. The molecule has 4 nitrogen and oxygen atoms in total. The minimum atomic E-state index is 0.311. The summed E-state index contributed by atoms with van der Waals surface area (Å²) < 4.78 is 16.8. The Kier molecular flexibility index (Phi) is 3.51.